The van der Waals surface area contributed by atoms with E-state index in [9.17, 15) is 9.18 Å². The normalized spacial score (nSPS) is 22.5. The lowest BCUT2D eigenvalue weighted by atomic mass is 9.80. The van der Waals surface area contributed by atoms with Crippen LogP contribution in [0.3, 0.4) is 0 Å². The van der Waals surface area contributed by atoms with E-state index in [2.05, 4.69) is 24.1 Å². The second-order valence-electron chi connectivity index (χ2n) is 7.78. The van der Waals surface area contributed by atoms with Crippen molar-refractivity contribution in [1.82, 2.24) is 10.2 Å². The minimum absolute atomic E-state index is 0.0103. The number of likely N-dealkylation sites (tertiary alicyclic amines) is 1. The van der Waals surface area contributed by atoms with Crippen LogP contribution >= 0.6 is 0 Å². The van der Waals surface area contributed by atoms with Crippen LogP contribution in [0.1, 0.15) is 51.1 Å². The lowest BCUT2D eigenvalue weighted by Crippen LogP contribution is -2.52. The molecule has 0 aromatic heterocycles. The van der Waals surface area contributed by atoms with Crippen molar-refractivity contribution in [3.05, 3.63) is 29.8 Å². The third-order valence-electron chi connectivity index (χ3n) is 5.29. The summed E-state index contributed by atoms with van der Waals surface area (Å²) in [6, 6.07) is 7.99. The summed E-state index contributed by atoms with van der Waals surface area (Å²) in [5.74, 6) is 1.32. The predicted octanol–water partition coefficient (Wildman–Crippen LogP) is 3.48. The Hall–Kier alpha value is -1.62. The molecule has 1 aromatic carbocycles. The van der Waals surface area contributed by atoms with Gasteiger partial charge in [-0.25, -0.2) is 4.39 Å². The quantitative estimate of drug-likeness (QED) is 0.886. The minimum atomic E-state index is -0.301. The summed E-state index contributed by atoms with van der Waals surface area (Å²) in [4.78, 5) is 14.5. The van der Waals surface area contributed by atoms with Crippen molar-refractivity contribution < 1.29 is 13.9 Å². The maximum atomic E-state index is 12.6. The summed E-state index contributed by atoms with van der Waals surface area (Å²) in [5, 5.41) is 3.22. The number of halogens is 1. The van der Waals surface area contributed by atoms with Crippen molar-refractivity contribution in [2.75, 3.05) is 26.3 Å². The molecule has 0 aliphatic carbocycles. The van der Waals surface area contributed by atoms with Gasteiger partial charge in [-0.2, -0.15) is 0 Å². The molecule has 1 spiro atoms. The fourth-order valence-electron chi connectivity index (χ4n) is 3.98. The molecule has 0 saturated carbocycles. The van der Waals surface area contributed by atoms with Gasteiger partial charge in [-0.3, -0.25) is 4.79 Å². The maximum absolute atomic E-state index is 12.6. The summed E-state index contributed by atoms with van der Waals surface area (Å²) < 4.78 is 19.0. The van der Waals surface area contributed by atoms with E-state index in [1.54, 1.807) is 0 Å². The van der Waals surface area contributed by atoms with Crippen LogP contribution in [0.5, 0.6) is 5.75 Å². The number of carbonyl (C=O) groups is 1. The van der Waals surface area contributed by atoms with Crippen LogP contribution in [-0.2, 0) is 4.79 Å². The van der Waals surface area contributed by atoms with Crippen LogP contribution in [0.4, 0.5) is 4.39 Å². The average Bonchev–Trinajstić information content (AvgIpc) is 2.56. The van der Waals surface area contributed by atoms with Gasteiger partial charge in [0.15, 0.2) is 0 Å². The fourth-order valence-corrected chi connectivity index (χ4v) is 3.98. The zero-order valence-electron chi connectivity index (χ0n) is 15.3. The molecule has 4 nitrogen and oxygen atoms in total. The molecular formula is C20H29FN2O2. The largest absolute Gasteiger partial charge is 0.487 e. The van der Waals surface area contributed by atoms with E-state index in [1.807, 2.05) is 24.3 Å². The number of alkyl halides is 1. The molecule has 25 heavy (non-hydrogen) atoms. The number of para-hydroxylation sites is 1. The van der Waals surface area contributed by atoms with Crippen LogP contribution in [0.2, 0.25) is 0 Å². The van der Waals surface area contributed by atoms with E-state index in [4.69, 9.17) is 4.74 Å². The van der Waals surface area contributed by atoms with Gasteiger partial charge in [0.05, 0.1) is 6.04 Å². The molecule has 0 radical (unpaired) electrons. The van der Waals surface area contributed by atoms with Crippen LogP contribution < -0.4 is 10.1 Å². The first-order valence-electron chi connectivity index (χ1n) is 9.37. The maximum Gasteiger partial charge on any atom is 0.220 e. The van der Waals surface area contributed by atoms with Crippen LogP contribution in [0.25, 0.3) is 0 Å². The second-order valence-corrected chi connectivity index (χ2v) is 7.78. The van der Waals surface area contributed by atoms with Gasteiger partial charge in [0.25, 0.3) is 0 Å². The highest BCUT2D eigenvalue weighted by Crippen LogP contribution is 2.44. The van der Waals surface area contributed by atoms with Crippen molar-refractivity contribution >= 4 is 5.91 Å². The van der Waals surface area contributed by atoms with Crippen LogP contribution in [0, 0.1) is 5.92 Å². The van der Waals surface area contributed by atoms with E-state index < -0.39 is 0 Å². The van der Waals surface area contributed by atoms with E-state index in [0.717, 1.165) is 43.7 Å². The Labute approximate surface area is 149 Å². The molecule has 2 aliphatic rings. The van der Waals surface area contributed by atoms with Gasteiger partial charge in [-0.15, -0.1) is 0 Å². The van der Waals surface area contributed by atoms with Crippen molar-refractivity contribution in [3.63, 3.8) is 0 Å². The summed E-state index contributed by atoms with van der Waals surface area (Å²) in [6.45, 7) is 6.00. The standard InChI is InChI=1S/C20H29FN2O2/c1-15(2)13-19(24)22-17-14-20(7-10-23(11-8-20)12-9-21)25-18-6-4-3-5-16(17)18/h3-6,15,17H,7-14H2,1-2H3,(H,22,24)/t17-/m1/s1. The highest BCUT2D eigenvalue weighted by molar-refractivity contribution is 5.76. The van der Waals surface area contributed by atoms with Crippen LogP contribution in [0.15, 0.2) is 24.3 Å². The monoisotopic (exact) mass is 348 g/mol. The molecule has 2 aliphatic heterocycles. The van der Waals surface area contributed by atoms with E-state index in [1.165, 1.54) is 0 Å². The van der Waals surface area contributed by atoms with Gasteiger partial charge in [-0.05, 0) is 24.8 Å². The lowest BCUT2D eigenvalue weighted by Gasteiger charge is -2.47. The molecule has 2 heterocycles. The Morgan fingerprint density at radius 2 is 2.08 bits per heavy atom. The first-order chi connectivity index (χ1) is 12.0. The van der Waals surface area contributed by atoms with Gasteiger partial charge in [0, 0.05) is 38.0 Å². The molecule has 1 atom stereocenters. The minimum Gasteiger partial charge on any atom is -0.487 e. The molecule has 1 saturated heterocycles. The summed E-state index contributed by atoms with van der Waals surface area (Å²) in [5.41, 5.74) is 0.813. The zero-order valence-corrected chi connectivity index (χ0v) is 15.3. The van der Waals surface area contributed by atoms with Crippen molar-refractivity contribution in [2.24, 2.45) is 5.92 Å². The summed E-state index contributed by atoms with van der Waals surface area (Å²) in [6.07, 6.45) is 3.07. The first kappa shape index (κ1) is 18.2. The van der Waals surface area contributed by atoms with Gasteiger partial charge in [-0.1, -0.05) is 32.0 Å². The van der Waals surface area contributed by atoms with E-state index in [-0.39, 0.29) is 24.2 Å². The summed E-state index contributed by atoms with van der Waals surface area (Å²) >= 11 is 0. The number of nitrogens with one attached hydrogen (secondary N) is 1. The third-order valence-corrected chi connectivity index (χ3v) is 5.29. The Morgan fingerprint density at radius 3 is 2.76 bits per heavy atom. The Morgan fingerprint density at radius 1 is 1.36 bits per heavy atom. The Kier molecular flexibility index (Phi) is 5.62. The molecule has 0 bridgehead atoms. The Balaban J connectivity index is 1.75. The van der Waals surface area contributed by atoms with Gasteiger partial charge < -0.3 is 15.0 Å². The van der Waals surface area contributed by atoms with Gasteiger partial charge in [0.1, 0.15) is 18.0 Å². The van der Waals surface area contributed by atoms with E-state index >= 15 is 0 Å². The first-order valence-corrected chi connectivity index (χ1v) is 9.37. The molecule has 1 amide bonds. The van der Waals surface area contributed by atoms with Gasteiger partial charge in [0.2, 0.25) is 5.91 Å². The second kappa shape index (κ2) is 7.73. The smallest absolute Gasteiger partial charge is 0.220 e. The Bertz CT molecular complexity index is 597. The van der Waals surface area contributed by atoms with Crippen LogP contribution in [-0.4, -0.2) is 42.7 Å². The van der Waals surface area contributed by atoms with Crippen molar-refractivity contribution in [3.8, 4) is 5.75 Å². The molecular weight excluding hydrogens is 319 g/mol. The fraction of sp³-hybridized carbons (Fsp3) is 0.650. The number of hydrogen-bond donors (Lipinski definition) is 1. The number of carbonyl (C=O) groups excluding carboxylic acids is 1. The lowest BCUT2D eigenvalue weighted by molar-refractivity contribution is -0.123. The molecule has 3 rings (SSSR count). The number of rotatable bonds is 5. The molecule has 5 heteroatoms. The predicted molar refractivity (Wildman–Crippen MR) is 96.4 cm³/mol. The highest BCUT2D eigenvalue weighted by atomic mass is 19.1. The highest BCUT2D eigenvalue weighted by Gasteiger charge is 2.43. The molecule has 1 fully saturated rings. The average molecular weight is 348 g/mol. The van der Waals surface area contributed by atoms with Crippen molar-refractivity contribution in [2.45, 2.75) is 51.2 Å². The zero-order chi connectivity index (χ0) is 17.9. The third kappa shape index (κ3) is 4.32. The number of amides is 1. The molecule has 0 unspecified atom stereocenters. The van der Waals surface area contributed by atoms with Crippen molar-refractivity contribution in [1.29, 1.82) is 0 Å². The van der Waals surface area contributed by atoms with E-state index in [0.29, 0.717) is 18.9 Å². The number of hydrogen-bond acceptors (Lipinski definition) is 3. The number of ether oxygens (including phenoxy) is 1. The number of piperidine rings is 1. The van der Waals surface area contributed by atoms with Gasteiger partial charge >= 0.3 is 0 Å². The molecule has 1 N–H and O–H groups in total. The summed E-state index contributed by atoms with van der Waals surface area (Å²) in [7, 11) is 0. The number of nitrogens with zero attached hydrogens (tertiary/aromatic N) is 1. The topological polar surface area (TPSA) is 41.6 Å². The SMILES string of the molecule is CC(C)CC(=O)N[C@@H]1CC2(CCN(CCF)CC2)Oc2ccccc21. The molecule has 1 aromatic rings. The number of benzene rings is 1. The number of fused-ring (bicyclic) bond motifs is 1. The molecule has 138 valence electrons.